The maximum atomic E-state index is 13.9. The van der Waals surface area contributed by atoms with Crippen LogP contribution in [-0.4, -0.2) is 60.6 Å². The second kappa shape index (κ2) is 10.9. The lowest BCUT2D eigenvalue weighted by Gasteiger charge is -2.29. The molecule has 198 valence electrons. The van der Waals surface area contributed by atoms with E-state index in [-0.39, 0.29) is 24.0 Å². The molecule has 0 aliphatic carbocycles. The van der Waals surface area contributed by atoms with E-state index < -0.39 is 15.6 Å². The standard InChI is InChI=1S/C27H34N4O5S/c1-27(2,26(32)29-16-5-6-17-29)31-18-15-25(28-31)37(33,34)30(19-21-7-11-23(35-3)12-8-21)20-22-9-13-24(36-4)14-10-22/h7-15,18H,5-6,16-17,19-20H2,1-4H3. The Morgan fingerprint density at radius 1 is 0.892 bits per heavy atom. The molecular weight excluding hydrogens is 492 g/mol. The fourth-order valence-corrected chi connectivity index (χ4v) is 5.72. The Hall–Kier alpha value is -3.37. The van der Waals surface area contributed by atoms with Crippen molar-refractivity contribution in [1.29, 1.82) is 0 Å². The molecule has 3 aromatic rings. The topological polar surface area (TPSA) is 94.0 Å². The van der Waals surface area contributed by atoms with Gasteiger partial charge >= 0.3 is 0 Å². The molecule has 1 saturated heterocycles. The third-order valence-electron chi connectivity index (χ3n) is 6.69. The van der Waals surface area contributed by atoms with Gasteiger partial charge in [0.15, 0.2) is 5.03 Å². The second-order valence-electron chi connectivity index (χ2n) is 9.63. The normalized spacial score (nSPS) is 14.2. The van der Waals surface area contributed by atoms with Crippen molar-refractivity contribution in [3.63, 3.8) is 0 Å². The average molecular weight is 527 g/mol. The number of benzene rings is 2. The van der Waals surface area contributed by atoms with Crippen molar-refractivity contribution >= 4 is 15.9 Å². The minimum atomic E-state index is -4.00. The molecule has 9 nitrogen and oxygen atoms in total. The summed E-state index contributed by atoms with van der Waals surface area (Å²) in [7, 11) is -0.829. The fourth-order valence-electron chi connectivity index (χ4n) is 4.39. The lowest BCUT2D eigenvalue weighted by molar-refractivity contribution is -0.138. The van der Waals surface area contributed by atoms with Crippen molar-refractivity contribution in [2.24, 2.45) is 0 Å². The first-order valence-electron chi connectivity index (χ1n) is 12.3. The quantitative estimate of drug-likeness (QED) is 0.400. The summed E-state index contributed by atoms with van der Waals surface area (Å²) in [6, 6.07) is 16.0. The molecule has 0 saturated carbocycles. The highest BCUT2D eigenvalue weighted by atomic mass is 32.2. The number of likely N-dealkylation sites (tertiary alicyclic amines) is 1. The minimum Gasteiger partial charge on any atom is -0.497 e. The summed E-state index contributed by atoms with van der Waals surface area (Å²) in [4.78, 5) is 14.9. The Kier molecular flexibility index (Phi) is 7.89. The Morgan fingerprint density at radius 3 is 1.84 bits per heavy atom. The summed E-state index contributed by atoms with van der Waals surface area (Å²) in [5, 5.41) is 4.30. The average Bonchev–Trinajstić information content (AvgIpc) is 3.62. The van der Waals surface area contributed by atoms with Gasteiger partial charge in [-0.3, -0.25) is 9.48 Å². The maximum absolute atomic E-state index is 13.9. The number of hydrogen-bond acceptors (Lipinski definition) is 6. The van der Waals surface area contributed by atoms with Crippen LogP contribution in [0.4, 0.5) is 0 Å². The van der Waals surface area contributed by atoms with Crippen molar-refractivity contribution < 1.29 is 22.7 Å². The number of rotatable bonds is 10. The predicted octanol–water partition coefficient (Wildman–Crippen LogP) is 3.65. The zero-order chi connectivity index (χ0) is 26.6. The molecule has 37 heavy (non-hydrogen) atoms. The lowest BCUT2D eigenvalue weighted by Crippen LogP contribution is -2.46. The molecule has 1 aromatic heterocycles. The third kappa shape index (κ3) is 5.80. The van der Waals surface area contributed by atoms with Crippen molar-refractivity contribution in [2.45, 2.75) is 50.3 Å². The van der Waals surface area contributed by atoms with E-state index >= 15 is 0 Å². The molecule has 4 rings (SSSR count). The molecule has 0 spiro atoms. The first-order chi connectivity index (χ1) is 17.6. The molecule has 10 heteroatoms. The molecule has 2 aromatic carbocycles. The van der Waals surface area contributed by atoms with E-state index in [0.717, 1.165) is 24.0 Å². The van der Waals surface area contributed by atoms with Gasteiger partial charge in [-0.1, -0.05) is 24.3 Å². The fraction of sp³-hybridized carbons (Fsp3) is 0.407. The summed E-state index contributed by atoms with van der Waals surface area (Å²) in [5.41, 5.74) is 0.610. The van der Waals surface area contributed by atoms with E-state index in [0.29, 0.717) is 24.6 Å². The molecule has 1 aliphatic heterocycles. The van der Waals surface area contributed by atoms with Gasteiger partial charge in [-0.2, -0.15) is 9.40 Å². The van der Waals surface area contributed by atoms with E-state index in [1.807, 2.05) is 29.2 Å². The molecule has 2 heterocycles. The Labute approximate surface area is 218 Å². The van der Waals surface area contributed by atoms with E-state index in [9.17, 15) is 13.2 Å². The highest BCUT2D eigenvalue weighted by Gasteiger charge is 2.37. The van der Waals surface area contributed by atoms with Gasteiger partial charge < -0.3 is 14.4 Å². The molecule has 1 fully saturated rings. The van der Waals surface area contributed by atoms with Crippen LogP contribution >= 0.6 is 0 Å². The van der Waals surface area contributed by atoms with Gasteiger partial charge in [0.2, 0.25) is 5.91 Å². The van der Waals surface area contributed by atoms with Crippen molar-refractivity contribution in [3.05, 3.63) is 71.9 Å². The molecule has 0 radical (unpaired) electrons. The second-order valence-corrected chi connectivity index (χ2v) is 11.5. The van der Waals surface area contributed by atoms with Crippen LogP contribution < -0.4 is 9.47 Å². The molecule has 0 N–H and O–H groups in total. The highest BCUT2D eigenvalue weighted by Crippen LogP contribution is 2.26. The van der Waals surface area contributed by atoms with Gasteiger partial charge in [0.25, 0.3) is 10.0 Å². The zero-order valence-corrected chi connectivity index (χ0v) is 22.6. The summed E-state index contributed by atoms with van der Waals surface area (Å²) in [5.74, 6) is 1.32. The molecule has 1 amide bonds. The first-order valence-corrected chi connectivity index (χ1v) is 13.7. The van der Waals surface area contributed by atoms with Gasteiger partial charge in [-0.05, 0) is 68.1 Å². The summed E-state index contributed by atoms with van der Waals surface area (Å²) >= 11 is 0. The monoisotopic (exact) mass is 526 g/mol. The highest BCUT2D eigenvalue weighted by molar-refractivity contribution is 7.89. The van der Waals surface area contributed by atoms with Crippen LogP contribution in [0.15, 0.2) is 65.8 Å². The van der Waals surface area contributed by atoms with Crippen molar-refractivity contribution in [2.75, 3.05) is 27.3 Å². The Morgan fingerprint density at radius 2 is 1.38 bits per heavy atom. The summed E-state index contributed by atoms with van der Waals surface area (Å²) in [6.45, 7) is 5.24. The number of methoxy groups -OCH3 is 2. The van der Waals surface area contributed by atoms with Crippen molar-refractivity contribution in [3.8, 4) is 11.5 Å². The van der Waals surface area contributed by atoms with E-state index in [4.69, 9.17) is 9.47 Å². The van der Waals surface area contributed by atoms with Gasteiger partial charge in [-0.15, -0.1) is 0 Å². The number of sulfonamides is 1. The SMILES string of the molecule is COc1ccc(CN(Cc2ccc(OC)cc2)S(=O)(=O)c2ccn(C(C)(C)C(=O)N3CCCC3)n2)cc1. The van der Waals surface area contributed by atoms with Crippen LogP contribution in [0.2, 0.25) is 0 Å². The lowest BCUT2D eigenvalue weighted by atomic mass is 10.0. The number of carbonyl (C=O) groups excluding carboxylic acids is 1. The van der Waals surface area contributed by atoms with Gasteiger partial charge in [-0.25, -0.2) is 8.42 Å². The zero-order valence-electron chi connectivity index (χ0n) is 21.8. The van der Waals surface area contributed by atoms with Crippen LogP contribution in [0, 0.1) is 0 Å². The minimum absolute atomic E-state index is 0.0645. The molecule has 1 aliphatic rings. The molecule has 0 atom stereocenters. The molecular formula is C27H34N4O5S. The van der Waals surface area contributed by atoms with Crippen LogP contribution in [0.5, 0.6) is 11.5 Å². The largest absolute Gasteiger partial charge is 0.497 e. The van der Waals surface area contributed by atoms with Gasteiger partial charge in [0, 0.05) is 32.4 Å². The van der Waals surface area contributed by atoms with Gasteiger partial charge in [0.1, 0.15) is 17.0 Å². The van der Waals surface area contributed by atoms with E-state index in [1.54, 1.807) is 58.5 Å². The van der Waals surface area contributed by atoms with E-state index in [1.165, 1.54) is 15.1 Å². The summed E-state index contributed by atoms with van der Waals surface area (Å²) < 4.78 is 41.0. The number of aromatic nitrogens is 2. The van der Waals surface area contributed by atoms with Crippen LogP contribution in [0.25, 0.3) is 0 Å². The third-order valence-corrected chi connectivity index (χ3v) is 8.38. The van der Waals surface area contributed by atoms with Gasteiger partial charge in [0.05, 0.1) is 14.2 Å². The van der Waals surface area contributed by atoms with Crippen molar-refractivity contribution in [1.82, 2.24) is 19.0 Å². The van der Waals surface area contributed by atoms with Crippen LogP contribution in [0.3, 0.4) is 0 Å². The Bertz CT molecular complexity index is 1260. The smallest absolute Gasteiger partial charge is 0.262 e. The number of nitrogens with zero attached hydrogens (tertiary/aromatic N) is 4. The number of amides is 1. The maximum Gasteiger partial charge on any atom is 0.262 e. The van der Waals surface area contributed by atoms with Crippen LogP contribution in [-0.2, 0) is 33.4 Å². The first kappa shape index (κ1) is 26.7. The Balaban J connectivity index is 1.63. The number of hydrogen-bond donors (Lipinski definition) is 0. The van der Waals surface area contributed by atoms with Crippen LogP contribution in [0.1, 0.15) is 37.8 Å². The number of carbonyl (C=O) groups is 1. The molecule has 0 unspecified atom stereocenters. The number of ether oxygens (including phenoxy) is 2. The molecule has 0 bridgehead atoms. The predicted molar refractivity (Wildman–Crippen MR) is 140 cm³/mol. The summed E-state index contributed by atoms with van der Waals surface area (Å²) in [6.07, 6.45) is 3.53. The van der Waals surface area contributed by atoms with E-state index in [2.05, 4.69) is 5.10 Å².